The molecule has 4 nitrogen and oxygen atoms in total. The van der Waals surface area contributed by atoms with Crippen LogP contribution >= 0.6 is 0 Å². The summed E-state index contributed by atoms with van der Waals surface area (Å²) in [5.41, 5.74) is -0.662. The van der Waals surface area contributed by atoms with Crippen LogP contribution in [0.2, 0.25) is 0 Å². The van der Waals surface area contributed by atoms with Gasteiger partial charge in [0.25, 0.3) is 0 Å². The third kappa shape index (κ3) is 2.73. The van der Waals surface area contributed by atoms with E-state index in [2.05, 4.69) is 10.6 Å². The zero-order chi connectivity index (χ0) is 16.6. The lowest BCUT2D eigenvalue weighted by atomic mass is 9.79. The van der Waals surface area contributed by atoms with Crippen LogP contribution in [0.4, 0.5) is 8.78 Å². The van der Waals surface area contributed by atoms with Crippen LogP contribution in [0.15, 0.2) is 30.1 Å². The number of nitrogens with one attached hydrogen (secondary N) is 2. The van der Waals surface area contributed by atoms with Gasteiger partial charge >= 0.3 is 0 Å². The Labute approximate surface area is 132 Å². The first kappa shape index (κ1) is 15.6. The van der Waals surface area contributed by atoms with Gasteiger partial charge in [0.2, 0.25) is 5.91 Å². The van der Waals surface area contributed by atoms with E-state index in [0.29, 0.717) is 12.8 Å². The highest BCUT2D eigenvalue weighted by atomic mass is 19.1. The van der Waals surface area contributed by atoms with Crippen LogP contribution in [0, 0.1) is 17.0 Å². The summed E-state index contributed by atoms with van der Waals surface area (Å²) in [6.45, 7) is 1.67. The third-order valence-electron chi connectivity index (χ3n) is 4.69. The molecular weight excluding hydrogens is 302 g/mol. The highest BCUT2D eigenvalue weighted by Gasteiger charge is 2.49. The molecule has 3 rings (SSSR count). The molecule has 1 aromatic rings. The molecule has 23 heavy (non-hydrogen) atoms. The fraction of sp³-hybridized carbons (Fsp3) is 0.412. The van der Waals surface area contributed by atoms with Gasteiger partial charge in [0.1, 0.15) is 22.9 Å². The Hall–Kier alpha value is -2.24. The number of benzene rings is 1. The molecule has 6 heteroatoms. The number of carbonyl (C=O) groups is 2. The molecule has 2 N–H and O–H groups in total. The van der Waals surface area contributed by atoms with Crippen molar-refractivity contribution in [2.45, 2.75) is 38.6 Å². The van der Waals surface area contributed by atoms with Crippen molar-refractivity contribution in [3.8, 4) is 0 Å². The Morgan fingerprint density at radius 1 is 1.22 bits per heavy atom. The van der Waals surface area contributed by atoms with Gasteiger partial charge in [-0.05, 0) is 25.8 Å². The van der Waals surface area contributed by atoms with Crippen LogP contribution in [0.3, 0.4) is 0 Å². The molecule has 0 unspecified atom stereocenters. The predicted octanol–water partition coefficient (Wildman–Crippen LogP) is 2.72. The minimum Gasteiger partial charge on any atom is -0.365 e. The molecule has 1 aromatic carbocycles. The van der Waals surface area contributed by atoms with Crippen LogP contribution in [0.25, 0.3) is 0 Å². The van der Waals surface area contributed by atoms with E-state index in [9.17, 15) is 18.4 Å². The number of ketones is 1. The van der Waals surface area contributed by atoms with E-state index >= 15 is 0 Å². The molecule has 0 radical (unpaired) electrons. The molecule has 1 aliphatic heterocycles. The zero-order valence-corrected chi connectivity index (χ0v) is 12.8. The SMILES string of the molecule is C[C@H](NC1=CC(=O)C2(CCCC2)C(=O)N1)c1ccc(F)cc1F. The van der Waals surface area contributed by atoms with Gasteiger partial charge in [0.15, 0.2) is 5.78 Å². The lowest BCUT2D eigenvalue weighted by molar-refractivity contribution is -0.140. The second kappa shape index (κ2) is 5.76. The molecule has 1 aliphatic carbocycles. The molecule has 1 amide bonds. The summed E-state index contributed by atoms with van der Waals surface area (Å²) >= 11 is 0. The van der Waals surface area contributed by atoms with Crippen LogP contribution in [0.5, 0.6) is 0 Å². The van der Waals surface area contributed by atoms with Gasteiger partial charge in [-0.3, -0.25) is 9.59 Å². The van der Waals surface area contributed by atoms with Crippen LogP contribution in [-0.4, -0.2) is 11.7 Å². The Balaban J connectivity index is 1.78. The van der Waals surface area contributed by atoms with Crippen molar-refractivity contribution < 1.29 is 18.4 Å². The zero-order valence-electron chi connectivity index (χ0n) is 12.8. The molecule has 2 aliphatic rings. The minimum absolute atomic E-state index is 0.201. The molecule has 1 saturated carbocycles. The third-order valence-corrected chi connectivity index (χ3v) is 4.69. The van der Waals surface area contributed by atoms with E-state index in [-0.39, 0.29) is 23.1 Å². The first-order chi connectivity index (χ1) is 10.9. The second-order valence-corrected chi connectivity index (χ2v) is 6.20. The second-order valence-electron chi connectivity index (χ2n) is 6.20. The summed E-state index contributed by atoms with van der Waals surface area (Å²) in [6, 6.07) is 2.80. The normalized spacial score (nSPS) is 21.1. The predicted molar refractivity (Wildman–Crippen MR) is 80.0 cm³/mol. The maximum atomic E-state index is 13.8. The van der Waals surface area contributed by atoms with Gasteiger partial charge in [-0.2, -0.15) is 0 Å². The van der Waals surface area contributed by atoms with E-state index in [4.69, 9.17) is 0 Å². The number of halogens is 2. The lowest BCUT2D eigenvalue weighted by Crippen LogP contribution is -2.50. The van der Waals surface area contributed by atoms with Crippen molar-refractivity contribution in [2.75, 3.05) is 0 Å². The maximum Gasteiger partial charge on any atom is 0.239 e. The van der Waals surface area contributed by atoms with Crippen molar-refractivity contribution in [3.63, 3.8) is 0 Å². The van der Waals surface area contributed by atoms with E-state index < -0.39 is 23.1 Å². The fourth-order valence-corrected chi connectivity index (χ4v) is 3.35. The fourth-order valence-electron chi connectivity index (χ4n) is 3.35. The van der Waals surface area contributed by atoms with Crippen molar-refractivity contribution in [3.05, 3.63) is 47.3 Å². The quantitative estimate of drug-likeness (QED) is 0.842. The standard InChI is InChI=1S/C17H18F2N2O2/c1-10(12-5-4-11(18)8-13(12)19)20-15-9-14(22)17(16(23)21-15)6-2-3-7-17/h4-5,8-10,20H,2-3,6-7H2,1H3,(H,21,23)/t10-/m0/s1. The number of carbonyl (C=O) groups excluding carboxylic acids is 2. The van der Waals surface area contributed by atoms with E-state index in [1.807, 2.05) is 0 Å². The van der Waals surface area contributed by atoms with Gasteiger partial charge in [-0.15, -0.1) is 0 Å². The summed E-state index contributed by atoms with van der Waals surface area (Å²) < 4.78 is 26.8. The van der Waals surface area contributed by atoms with Gasteiger partial charge < -0.3 is 10.6 Å². The molecule has 0 bridgehead atoms. The lowest BCUT2D eigenvalue weighted by Gasteiger charge is -2.31. The summed E-state index contributed by atoms with van der Waals surface area (Å²) in [4.78, 5) is 24.7. The number of hydrogen-bond donors (Lipinski definition) is 2. The highest BCUT2D eigenvalue weighted by Crippen LogP contribution is 2.41. The molecule has 1 heterocycles. The Bertz CT molecular complexity index is 694. The number of hydrogen-bond acceptors (Lipinski definition) is 3. The first-order valence-electron chi connectivity index (χ1n) is 7.71. The number of allylic oxidation sites excluding steroid dienone is 1. The average Bonchev–Trinajstić information content (AvgIpc) is 2.96. The summed E-state index contributed by atoms with van der Waals surface area (Å²) in [5, 5.41) is 5.61. The largest absolute Gasteiger partial charge is 0.365 e. The Morgan fingerprint density at radius 2 is 1.91 bits per heavy atom. The van der Waals surface area contributed by atoms with Crippen LogP contribution in [0.1, 0.15) is 44.2 Å². The minimum atomic E-state index is -0.921. The van der Waals surface area contributed by atoms with Crippen molar-refractivity contribution in [1.29, 1.82) is 0 Å². The van der Waals surface area contributed by atoms with Crippen molar-refractivity contribution in [2.24, 2.45) is 5.41 Å². The maximum absolute atomic E-state index is 13.8. The van der Waals surface area contributed by atoms with Crippen molar-refractivity contribution in [1.82, 2.24) is 10.6 Å². The molecule has 1 fully saturated rings. The number of amides is 1. The average molecular weight is 320 g/mol. The molecule has 1 spiro atoms. The highest BCUT2D eigenvalue weighted by molar-refractivity contribution is 6.14. The van der Waals surface area contributed by atoms with Crippen LogP contribution in [-0.2, 0) is 9.59 Å². The Kier molecular flexibility index (Phi) is 3.92. The summed E-state index contributed by atoms with van der Waals surface area (Å²) in [6.07, 6.45) is 4.26. The monoisotopic (exact) mass is 320 g/mol. The Morgan fingerprint density at radius 3 is 2.52 bits per heavy atom. The van der Waals surface area contributed by atoms with Gasteiger partial charge in [-0.25, -0.2) is 8.78 Å². The van der Waals surface area contributed by atoms with Gasteiger partial charge in [-0.1, -0.05) is 18.9 Å². The van der Waals surface area contributed by atoms with Crippen LogP contribution < -0.4 is 10.6 Å². The van der Waals surface area contributed by atoms with E-state index in [0.717, 1.165) is 18.9 Å². The molecule has 1 atom stereocenters. The van der Waals surface area contributed by atoms with Gasteiger partial charge in [0, 0.05) is 17.7 Å². The number of rotatable bonds is 3. The molecule has 122 valence electrons. The van der Waals surface area contributed by atoms with Gasteiger partial charge in [0.05, 0.1) is 6.04 Å². The smallest absolute Gasteiger partial charge is 0.239 e. The first-order valence-corrected chi connectivity index (χ1v) is 7.71. The topological polar surface area (TPSA) is 58.2 Å². The summed E-state index contributed by atoms with van der Waals surface area (Å²) in [5.74, 6) is -1.56. The van der Waals surface area contributed by atoms with Crippen molar-refractivity contribution >= 4 is 11.7 Å². The summed E-state index contributed by atoms with van der Waals surface area (Å²) in [7, 11) is 0. The van der Waals surface area contributed by atoms with E-state index in [1.54, 1.807) is 6.92 Å². The van der Waals surface area contributed by atoms with E-state index in [1.165, 1.54) is 18.2 Å². The molecule has 0 saturated heterocycles. The molecular formula is C17H18F2N2O2. The molecule has 0 aromatic heterocycles.